The van der Waals surface area contributed by atoms with Crippen LogP contribution in [-0.2, 0) is 6.54 Å². The second kappa shape index (κ2) is 8.52. The van der Waals surface area contributed by atoms with Crippen molar-refractivity contribution >= 4 is 17.4 Å². The van der Waals surface area contributed by atoms with Gasteiger partial charge in [-0.2, -0.15) is 5.10 Å². The number of anilines is 1. The van der Waals surface area contributed by atoms with Gasteiger partial charge in [0.25, 0.3) is 0 Å². The van der Waals surface area contributed by atoms with Crippen LogP contribution in [0.25, 0.3) is 11.3 Å². The predicted octanol–water partition coefficient (Wildman–Crippen LogP) is 3.56. The summed E-state index contributed by atoms with van der Waals surface area (Å²) in [5, 5.41) is 19.4. The first-order chi connectivity index (χ1) is 11.9. The van der Waals surface area contributed by atoms with E-state index in [2.05, 4.69) is 44.8 Å². The van der Waals surface area contributed by atoms with E-state index in [4.69, 9.17) is 5.11 Å². The summed E-state index contributed by atoms with van der Waals surface area (Å²) in [4.78, 5) is 5.37. The number of hydrogen-bond acceptors (Lipinski definition) is 5. The number of thioether (sulfide) groups is 1. The molecular weight excluding hydrogens is 320 g/mol. The van der Waals surface area contributed by atoms with Gasteiger partial charge < -0.3 is 10.4 Å². The van der Waals surface area contributed by atoms with Crippen LogP contribution in [0.2, 0.25) is 0 Å². The SMILES string of the molecule is OCCCSc1ccc(NCc2cn[nH]c2-c2cccnc2)cc1. The summed E-state index contributed by atoms with van der Waals surface area (Å²) in [5.74, 6) is 0.937. The van der Waals surface area contributed by atoms with Crippen molar-refractivity contribution in [1.82, 2.24) is 15.2 Å². The maximum absolute atomic E-state index is 8.82. The minimum absolute atomic E-state index is 0.247. The van der Waals surface area contributed by atoms with Crippen molar-refractivity contribution in [3.8, 4) is 11.3 Å². The summed E-state index contributed by atoms with van der Waals surface area (Å²) in [6, 6.07) is 12.3. The molecule has 0 atom stereocenters. The zero-order valence-corrected chi connectivity index (χ0v) is 14.1. The molecule has 0 aliphatic rings. The molecule has 3 rings (SSSR count). The molecule has 0 aliphatic carbocycles. The van der Waals surface area contributed by atoms with Crippen LogP contribution in [0.3, 0.4) is 0 Å². The number of benzene rings is 1. The fraction of sp³-hybridized carbons (Fsp3) is 0.222. The lowest BCUT2D eigenvalue weighted by molar-refractivity contribution is 0.296. The maximum Gasteiger partial charge on any atom is 0.0715 e. The Labute approximate surface area is 145 Å². The molecule has 2 heterocycles. The number of hydrogen-bond donors (Lipinski definition) is 3. The highest BCUT2D eigenvalue weighted by molar-refractivity contribution is 7.99. The van der Waals surface area contributed by atoms with Crippen LogP contribution in [0.1, 0.15) is 12.0 Å². The Morgan fingerprint density at radius 1 is 1.12 bits per heavy atom. The number of pyridine rings is 1. The standard InChI is InChI=1S/C18H20N4OS/c23-9-2-10-24-17-6-4-16(5-7-17)20-12-15-13-21-22-18(15)14-3-1-8-19-11-14/h1,3-8,11,13,20,23H,2,9-10,12H2,(H,21,22). The van der Waals surface area contributed by atoms with Crippen LogP contribution in [0, 0.1) is 0 Å². The minimum Gasteiger partial charge on any atom is -0.396 e. The Kier molecular flexibility index (Phi) is 5.87. The first-order valence-corrected chi connectivity index (χ1v) is 8.85. The number of rotatable bonds is 8. The van der Waals surface area contributed by atoms with Crippen molar-refractivity contribution in [2.24, 2.45) is 0 Å². The van der Waals surface area contributed by atoms with Crippen molar-refractivity contribution in [3.05, 3.63) is 60.6 Å². The molecule has 0 bridgehead atoms. The third-order valence-corrected chi connectivity index (χ3v) is 4.67. The Morgan fingerprint density at radius 3 is 2.75 bits per heavy atom. The Bertz CT molecular complexity index is 743. The molecule has 1 aromatic carbocycles. The summed E-state index contributed by atoms with van der Waals surface area (Å²) in [6.45, 7) is 0.939. The summed E-state index contributed by atoms with van der Waals surface area (Å²) in [7, 11) is 0. The largest absolute Gasteiger partial charge is 0.396 e. The monoisotopic (exact) mass is 340 g/mol. The van der Waals surface area contributed by atoms with Crippen LogP contribution in [-0.4, -0.2) is 32.6 Å². The summed E-state index contributed by atoms with van der Waals surface area (Å²) in [5.41, 5.74) is 4.19. The lowest BCUT2D eigenvalue weighted by atomic mass is 10.1. The number of nitrogens with zero attached hydrogens (tertiary/aromatic N) is 2. The van der Waals surface area contributed by atoms with E-state index < -0.39 is 0 Å². The summed E-state index contributed by atoms with van der Waals surface area (Å²) >= 11 is 1.76. The smallest absolute Gasteiger partial charge is 0.0715 e. The van der Waals surface area contributed by atoms with E-state index >= 15 is 0 Å². The molecule has 6 heteroatoms. The molecule has 124 valence electrons. The maximum atomic E-state index is 8.82. The molecular formula is C18H20N4OS. The molecule has 0 radical (unpaired) electrons. The van der Waals surface area contributed by atoms with E-state index in [9.17, 15) is 0 Å². The minimum atomic E-state index is 0.247. The van der Waals surface area contributed by atoms with Gasteiger partial charge in [0.15, 0.2) is 0 Å². The lowest BCUT2D eigenvalue weighted by Crippen LogP contribution is -2.00. The lowest BCUT2D eigenvalue weighted by Gasteiger charge is -2.08. The Balaban J connectivity index is 1.60. The normalized spacial score (nSPS) is 10.7. The molecule has 24 heavy (non-hydrogen) atoms. The number of nitrogens with one attached hydrogen (secondary N) is 2. The first kappa shape index (κ1) is 16.5. The molecule has 5 nitrogen and oxygen atoms in total. The van der Waals surface area contributed by atoms with Crippen molar-refractivity contribution in [2.45, 2.75) is 17.9 Å². The Hall–Kier alpha value is -2.31. The highest BCUT2D eigenvalue weighted by atomic mass is 32.2. The van der Waals surface area contributed by atoms with Crippen LogP contribution in [0.5, 0.6) is 0 Å². The van der Waals surface area contributed by atoms with Gasteiger partial charge in [-0.25, -0.2) is 0 Å². The van der Waals surface area contributed by atoms with Crippen molar-refractivity contribution in [1.29, 1.82) is 0 Å². The molecule has 0 spiro atoms. The fourth-order valence-corrected chi connectivity index (χ4v) is 3.16. The number of aromatic amines is 1. The van der Waals surface area contributed by atoms with Crippen LogP contribution in [0.4, 0.5) is 5.69 Å². The number of aliphatic hydroxyl groups excluding tert-OH is 1. The van der Waals surface area contributed by atoms with Gasteiger partial charge in [-0.3, -0.25) is 10.1 Å². The highest BCUT2D eigenvalue weighted by Gasteiger charge is 2.07. The molecule has 0 unspecified atom stereocenters. The van der Waals surface area contributed by atoms with Gasteiger partial charge >= 0.3 is 0 Å². The van der Waals surface area contributed by atoms with Gasteiger partial charge in [-0.05, 0) is 42.8 Å². The Morgan fingerprint density at radius 2 is 2.00 bits per heavy atom. The third-order valence-electron chi connectivity index (χ3n) is 3.58. The number of aliphatic hydroxyl groups is 1. The molecule has 0 saturated heterocycles. The molecule has 2 aromatic heterocycles. The molecule has 3 aromatic rings. The van der Waals surface area contributed by atoms with Crippen molar-refractivity contribution in [2.75, 3.05) is 17.7 Å². The second-order valence-corrected chi connectivity index (χ2v) is 6.48. The topological polar surface area (TPSA) is 73.8 Å². The zero-order chi connectivity index (χ0) is 16.6. The molecule has 0 saturated carbocycles. The quantitative estimate of drug-likeness (QED) is 0.432. The average Bonchev–Trinajstić information content (AvgIpc) is 3.11. The van der Waals surface area contributed by atoms with Crippen LogP contribution in [0.15, 0.2) is 59.9 Å². The van der Waals surface area contributed by atoms with Crippen molar-refractivity contribution < 1.29 is 5.11 Å². The molecule has 3 N–H and O–H groups in total. The fourth-order valence-electron chi connectivity index (χ4n) is 2.33. The molecule has 0 fully saturated rings. The van der Waals surface area contributed by atoms with Gasteiger partial charge in [-0.15, -0.1) is 11.8 Å². The van der Waals surface area contributed by atoms with E-state index in [0.29, 0.717) is 6.54 Å². The number of H-pyrrole nitrogens is 1. The van der Waals surface area contributed by atoms with E-state index in [1.165, 1.54) is 4.90 Å². The highest BCUT2D eigenvalue weighted by Crippen LogP contribution is 2.23. The van der Waals surface area contributed by atoms with Crippen LogP contribution >= 0.6 is 11.8 Å². The molecule has 0 aliphatic heterocycles. The average molecular weight is 340 g/mol. The van der Waals surface area contributed by atoms with E-state index in [0.717, 1.165) is 34.7 Å². The number of aromatic nitrogens is 3. The van der Waals surface area contributed by atoms with Crippen molar-refractivity contribution in [3.63, 3.8) is 0 Å². The van der Waals surface area contributed by atoms with E-state index in [-0.39, 0.29) is 6.61 Å². The predicted molar refractivity (Wildman–Crippen MR) is 98.0 cm³/mol. The van der Waals surface area contributed by atoms with Gasteiger partial charge in [0.1, 0.15) is 0 Å². The van der Waals surface area contributed by atoms with Gasteiger partial charge in [0, 0.05) is 53.0 Å². The van der Waals surface area contributed by atoms with Gasteiger partial charge in [0.05, 0.1) is 11.9 Å². The zero-order valence-electron chi connectivity index (χ0n) is 13.3. The third kappa shape index (κ3) is 4.37. The van der Waals surface area contributed by atoms with E-state index in [1.807, 2.05) is 24.5 Å². The summed E-state index contributed by atoms with van der Waals surface area (Å²) in [6.07, 6.45) is 6.25. The van der Waals surface area contributed by atoms with E-state index in [1.54, 1.807) is 18.0 Å². The van der Waals surface area contributed by atoms with Crippen LogP contribution < -0.4 is 5.32 Å². The van der Waals surface area contributed by atoms with Gasteiger partial charge in [0.2, 0.25) is 0 Å². The molecule has 0 amide bonds. The first-order valence-electron chi connectivity index (χ1n) is 7.87. The summed E-state index contributed by atoms with van der Waals surface area (Å²) < 4.78 is 0. The second-order valence-electron chi connectivity index (χ2n) is 5.32. The van der Waals surface area contributed by atoms with Gasteiger partial charge in [-0.1, -0.05) is 0 Å².